The first-order valence-corrected chi connectivity index (χ1v) is 9.77. The lowest BCUT2D eigenvalue weighted by atomic mass is 9.95. The van der Waals surface area contributed by atoms with E-state index in [2.05, 4.69) is 16.4 Å². The molecule has 0 saturated carbocycles. The summed E-state index contributed by atoms with van der Waals surface area (Å²) in [6.45, 7) is 6.56. The minimum absolute atomic E-state index is 0.110. The second kappa shape index (κ2) is 7.59. The van der Waals surface area contributed by atoms with E-state index in [0.717, 1.165) is 33.6 Å². The second-order valence-electron chi connectivity index (χ2n) is 7.65. The number of benzene rings is 2. The number of carbonyl (C=O) groups is 1. The zero-order chi connectivity index (χ0) is 20.5. The van der Waals surface area contributed by atoms with Gasteiger partial charge < -0.3 is 15.0 Å². The van der Waals surface area contributed by atoms with Crippen molar-refractivity contribution >= 4 is 5.91 Å². The van der Waals surface area contributed by atoms with E-state index < -0.39 is 5.56 Å². The largest absolute Gasteiger partial charge is 0.493 e. The van der Waals surface area contributed by atoms with Gasteiger partial charge in [0.1, 0.15) is 11.3 Å². The zero-order valence-electron chi connectivity index (χ0n) is 16.8. The molecule has 2 N–H and O–H groups in total. The molecule has 0 bridgehead atoms. The van der Waals surface area contributed by atoms with Crippen molar-refractivity contribution in [3.63, 3.8) is 0 Å². The Kier molecular flexibility index (Phi) is 4.97. The Hall–Kier alpha value is -3.34. The molecule has 0 aliphatic carbocycles. The van der Waals surface area contributed by atoms with Crippen LogP contribution in [0.1, 0.15) is 45.1 Å². The summed E-state index contributed by atoms with van der Waals surface area (Å²) >= 11 is 0. The number of pyridine rings is 1. The maximum atomic E-state index is 12.8. The molecule has 5 nitrogen and oxygen atoms in total. The Balaban J connectivity index is 1.60. The number of carbonyl (C=O) groups excluding carboxylic acids is 1. The van der Waals surface area contributed by atoms with Crippen LogP contribution >= 0.6 is 0 Å². The smallest absolute Gasteiger partial charge is 0.261 e. The van der Waals surface area contributed by atoms with Crippen LogP contribution in [0.3, 0.4) is 0 Å². The molecule has 1 unspecified atom stereocenters. The van der Waals surface area contributed by atoms with Crippen LogP contribution in [0.4, 0.5) is 0 Å². The third kappa shape index (κ3) is 3.81. The summed E-state index contributed by atoms with van der Waals surface area (Å²) in [6.07, 6.45) is 0.668. The number of nitrogens with one attached hydrogen (secondary N) is 2. The minimum atomic E-state index is -0.394. The monoisotopic (exact) mass is 388 g/mol. The summed E-state index contributed by atoms with van der Waals surface area (Å²) in [5, 5.41) is 3.02. The molecule has 0 spiro atoms. The first-order valence-electron chi connectivity index (χ1n) is 9.77. The summed E-state index contributed by atoms with van der Waals surface area (Å²) in [4.78, 5) is 28.3. The predicted octanol–water partition coefficient (Wildman–Crippen LogP) is 4.22. The SMILES string of the molecule is Cc1cccc(-c2ccc(C(=O)NC3CCOc4c(C)cc(C)cc43)c(=O)[nH]2)c1. The third-order valence-electron chi connectivity index (χ3n) is 5.26. The highest BCUT2D eigenvalue weighted by Gasteiger charge is 2.26. The molecule has 1 aromatic heterocycles. The molecule has 5 heteroatoms. The molecule has 0 saturated heterocycles. The molecule has 4 rings (SSSR count). The summed E-state index contributed by atoms with van der Waals surface area (Å²) in [7, 11) is 0. The van der Waals surface area contributed by atoms with E-state index in [1.807, 2.05) is 51.1 Å². The highest BCUT2D eigenvalue weighted by molar-refractivity contribution is 5.94. The van der Waals surface area contributed by atoms with Gasteiger partial charge in [-0.1, -0.05) is 41.5 Å². The van der Waals surface area contributed by atoms with Crippen molar-refractivity contribution in [3.05, 3.63) is 86.7 Å². The fourth-order valence-electron chi connectivity index (χ4n) is 3.90. The van der Waals surface area contributed by atoms with Gasteiger partial charge in [0.05, 0.1) is 12.6 Å². The van der Waals surface area contributed by atoms with Crippen LogP contribution in [0.5, 0.6) is 5.75 Å². The van der Waals surface area contributed by atoms with Crippen molar-refractivity contribution in [1.82, 2.24) is 10.3 Å². The van der Waals surface area contributed by atoms with Crippen LogP contribution < -0.4 is 15.6 Å². The first-order chi connectivity index (χ1) is 13.9. The number of hydrogen-bond donors (Lipinski definition) is 2. The number of amides is 1. The van der Waals surface area contributed by atoms with Crippen LogP contribution in [0.15, 0.2) is 53.3 Å². The van der Waals surface area contributed by atoms with Gasteiger partial charge in [-0.05, 0) is 50.1 Å². The first kappa shape index (κ1) is 19.0. The lowest BCUT2D eigenvalue weighted by molar-refractivity contribution is 0.0923. The Morgan fingerprint density at radius 1 is 1.07 bits per heavy atom. The van der Waals surface area contributed by atoms with Crippen LogP contribution in [-0.4, -0.2) is 17.5 Å². The molecular formula is C24H24N2O3. The maximum Gasteiger partial charge on any atom is 0.261 e. The molecule has 29 heavy (non-hydrogen) atoms. The summed E-state index contributed by atoms with van der Waals surface area (Å²) in [5.74, 6) is 0.454. The van der Waals surface area contributed by atoms with Gasteiger partial charge in [-0.3, -0.25) is 9.59 Å². The van der Waals surface area contributed by atoms with E-state index in [9.17, 15) is 9.59 Å². The Morgan fingerprint density at radius 3 is 2.66 bits per heavy atom. The number of aromatic amines is 1. The number of aryl methyl sites for hydroxylation is 3. The zero-order valence-corrected chi connectivity index (χ0v) is 16.8. The van der Waals surface area contributed by atoms with Gasteiger partial charge in [0.2, 0.25) is 0 Å². The third-order valence-corrected chi connectivity index (χ3v) is 5.26. The normalized spacial score (nSPS) is 15.3. The second-order valence-corrected chi connectivity index (χ2v) is 7.65. The predicted molar refractivity (Wildman–Crippen MR) is 113 cm³/mol. The van der Waals surface area contributed by atoms with Crippen molar-refractivity contribution in [2.24, 2.45) is 0 Å². The van der Waals surface area contributed by atoms with Crippen molar-refractivity contribution in [1.29, 1.82) is 0 Å². The van der Waals surface area contributed by atoms with Crippen molar-refractivity contribution in [3.8, 4) is 17.0 Å². The summed E-state index contributed by atoms with van der Waals surface area (Å²) in [6, 6.07) is 15.2. The average molecular weight is 388 g/mol. The number of H-pyrrole nitrogens is 1. The molecule has 2 aromatic carbocycles. The molecule has 1 amide bonds. The molecular weight excluding hydrogens is 364 g/mol. The summed E-state index contributed by atoms with van der Waals surface area (Å²) < 4.78 is 5.81. The highest BCUT2D eigenvalue weighted by atomic mass is 16.5. The van der Waals surface area contributed by atoms with E-state index in [-0.39, 0.29) is 17.5 Å². The molecule has 148 valence electrons. The molecule has 1 aliphatic heterocycles. The number of ether oxygens (including phenoxy) is 1. The number of fused-ring (bicyclic) bond motifs is 1. The fourth-order valence-corrected chi connectivity index (χ4v) is 3.90. The number of rotatable bonds is 3. The number of hydrogen-bond acceptors (Lipinski definition) is 3. The van der Waals surface area contributed by atoms with Gasteiger partial charge in [0.25, 0.3) is 11.5 Å². The summed E-state index contributed by atoms with van der Waals surface area (Å²) in [5.41, 5.74) is 5.57. The molecule has 1 aliphatic rings. The molecule has 2 heterocycles. The van der Waals surface area contributed by atoms with Crippen LogP contribution in [0.25, 0.3) is 11.3 Å². The van der Waals surface area contributed by atoms with Gasteiger partial charge in [-0.2, -0.15) is 0 Å². The topological polar surface area (TPSA) is 71.2 Å². The van der Waals surface area contributed by atoms with Gasteiger partial charge in [0.15, 0.2) is 0 Å². The molecule has 0 radical (unpaired) electrons. The van der Waals surface area contributed by atoms with Gasteiger partial charge in [-0.15, -0.1) is 0 Å². The quantitative estimate of drug-likeness (QED) is 0.706. The van der Waals surface area contributed by atoms with Gasteiger partial charge >= 0.3 is 0 Å². The van der Waals surface area contributed by atoms with Gasteiger partial charge in [0, 0.05) is 17.7 Å². The average Bonchev–Trinajstić information content (AvgIpc) is 2.68. The molecule has 3 aromatic rings. The lowest BCUT2D eigenvalue weighted by Crippen LogP contribution is -2.35. The van der Waals surface area contributed by atoms with Crippen LogP contribution in [-0.2, 0) is 0 Å². The maximum absolute atomic E-state index is 12.8. The van der Waals surface area contributed by atoms with E-state index in [4.69, 9.17) is 4.74 Å². The highest BCUT2D eigenvalue weighted by Crippen LogP contribution is 2.35. The number of aromatic nitrogens is 1. The standard InChI is InChI=1S/C24H24N2O3/c1-14-5-4-6-17(12-14)20-8-7-18(23(27)25-20)24(28)26-21-9-10-29-22-16(3)11-15(2)13-19(21)22/h4-8,11-13,21H,9-10H2,1-3H3,(H,25,27)(H,26,28). The Labute approximate surface area is 169 Å². The Bertz CT molecular complexity index is 1150. The Morgan fingerprint density at radius 2 is 1.90 bits per heavy atom. The lowest BCUT2D eigenvalue weighted by Gasteiger charge is -2.28. The van der Waals surface area contributed by atoms with Crippen LogP contribution in [0.2, 0.25) is 0 Å². The van der Waals surface area contributed by atoms with E-state index in [0.29, 0.717) is 18.7 Å². The van der Waals surface area contributed by atoms with Crippen molar-refractivity contribution in [2.45, 2.75) is 33.2 Å². The van der Waals surface area contributed by atoms with Crippen molar-refractivity contribution in [2.75, 3.05) is 6.61 Å². The van der Waals surface area contributed by atoms with Crippen molar-refractivity contribution < 1.29 is 9.53 Å². The van der Waals surface area contributed by atoms with E-state index in [1.54, 1.807) is 12.1 Å². The van der Waals surface area contributed by atoms with Crippen LogP contribution in [0, 0.1) is 20.8 Å². The van der Waals surface area contributed by atoms with E-state index in [1.165, 1.54) is 0 Å². The molecule has 0 fully saturated rings. The van der Waals surface area contributed by atoms with E-state index >= 15 is 0 Å². The van der Waals surface area contributed by atoms with Gasteiger partial charge in [-0.25, -0.2) is 0 Å². The fraction of sp³-hybridized carbons (Fsp3) is 0.250. The molecule has 1 atom stereocenters. The minimum Gasteiger partial charge on any atom is -0.493 e.